The van der Waals surface area contributed by atoms with Gasteiger partial charge in [-0.15, -0.1) is 10.2 Å². The molecule has 28 heavy (non-hydrogen) atoms. The van der Waals surface area contributed by atoms with Crippen LogP contribution in [0.25, 0.3) is 11.5 Å². The molecule has 0 amide bonds. The number of halogens is 1. The second-order valence-electron chi connectivity index (χ2n) is 6.89. The second-order valence-corrected chi connectivity index (χ2v) is 9.75. The van der Waals surface area contributed by atoms with Crippen LogP contribution >= 0.6 is 15.9 Å². The van der Waals surface area contributed by atoms with Crippen molar-refractivity contribution in [2.45, 2.75) is 30.6 Å². The zero-order valence-electron chi connectivity index (χ0n) is 15.4. The van der Waals surface area contributed by atoms with E-state index in [9.17, 15) is 8.42 Å². The first-order valence-electron chi connectivity index (χ1n) is 9.10. The van der Waals surface area contributed by atoms with Crippen LogP contribution in [-0.2, 0) is 10.0 Å². The predicted molar refractivity (Wildman–Crippen MR) is 109 cm³/mol. The van der Waals surface area contributed by atoms with Gasteiger partial charge in [-0.05, 0) is 55.7 Å². The van der Waals surface area contributed by atoms with E-state index < -0.39 is 10.0 Å². The fourth-order valence-corrected chi connectivity index (χ4v) is 5.15. The van der Waals surface area contributed by atoms with Crippen molar-refractivity contribution in [2.75, 3.05) is 13.1 Å². The Morgan fingerprint density at radius 2 is 1.71 bits per heavy atom. The molecule has 0 atom stereocenters. The fraction of sp³-hybridized carbons (Fsp3) is 0.300. The van der Waals surface area contributed by atoms with Gasteiger partial charge in [-0.2, -0.15) is 4.31 Å². The highest BCUT2D eigenvalue weighted by molar-refractivity contribution is 9.10. The SMILES string of the molecule is Cc1ccccc1-c1nnc(C2CCN(S(=O)(=O)c3ccc(Br)cc3)CC2)o1. The Hall–Kier alpha value is -2.03. The number of benzene rings is 2. The Balaban J connectivity index is 1.46. The molecule has 0 saturated carbocycles. The molecule has 0 aliphatic carbocycles. The number of piperidine rings is 1. The Bertz CT molecular complexity index is 1070. The summed E-state index contributed by atoms with van der Waals surface area (Å²) < 4.78 is 34.0. The van der Waals surface area contributed by atoms with Gasteiger partial charge in [0.2, 0.25) is 21.8 Å². The monoisotopic (exact) mass is 461 g/mol. The lowest BCUT2D eigenvalue weighted by Gasteiger charge is -2.29. The van der Waals surface area contributed by atoms with E-state index in [-0.39, 0.29) is 5.92 Å². The first-order chi connectivity index (χ1) is 13.4. The molecule has 0 spiro atoms. The molecule has 1 aliphatic rings. The summed E-state index contributed by atoms with van der Waals surface area (Å²) in [7, 11) is -3.48. The Morgan fingerprint density at radius 3 is 2.39 bits per heavy atom. The van der Waals surface area contributed by atoms with E-state index in [4.69, 9.17) is 4.42 Å². The topological polar surface area (TPSA) is 76.3 Å². The molecule has 1 aliphatic heterocycles. The van der Waals surface area contributed by atoms with Crippen LogP contribution in [0.2, 0.25) is 0 Å². The number of aryl methyl sites for hydroxylation is 1. The largest absolute Gasteiger partial charge is 0.420 e. The van der Waals surface area contributed by atoms with Gasteiger partial charge in [0.1, 0.15) is 0 Å². The summed E-state index contributed by atoms with van der Waals surface area (Å²) in [5.74, 6) is 1.17. The number of hydrogen-bond acceptors (Lipinski definition) is 5. The van der Waals surface area contributed by atoms with E-state index in [1.165, 1.54) is 4.31 Å². The maximum absolute atomic E-state index is 12.8. The molecule has 4 rings (SSSR count). The summed E-state index contributed by atoms with van der Waals surface area (Å²) in [6.45, 7) is 2.88. The number of nitrogens with zero attached hydrogens (tertiary/aromatic N) is 3. The minimum absolute atomic E-state index is 0.0710. The maximum Gasteiger partial charge on any atom is 0.248 e. The van der Waals surface area contributed by atoms with Crippen molar-refractivity contribution >= 4 is 26.0 Å². The second kappa shape index (κ2) is 7.77. The van der Waals surface area contributed by atoms with Crippen LogP contribution in [0.3, 0.4) is 0 Å². The number of sulfonamides is 1. The lowest BCUT2D eigenvalue weighted by atomic mass is 9.98. The zero-order chi connectivity index (χ0) is 19.7. The molecule has 0 unspecified atom stereocenters. The van der Waals surface area contributed by atoms with Crippen LogP contribution in [0.1, 0.15) is 30.2 Å². The van der Waals surface area contributed by atoms with Crippen LogP contribution in [0, 0.1) is 6.92 Å². The first-order valence-corrected chi connectivity index (χ1v) is 11.3. The molecule has 3 aromatic rings. The van der Waals surface area contributed by atoms with Crippen molar-refractivity contribution < 1.29 is 12.8 Å². The molecule has 146 valence electrons. The molecular weight excluding hydrogens is 442 g/mol. The van der Waals surface area contributed by atoms with Crippen molar-refractivity contribution in [1.82, 2.24) is 14.5 Å². The van der Waals surface area contributed by atoms with Crippen LogP contribution in [-0.4, -0.2) is 36.0 Å². The Kier molecular flexibility index (Phi) is 5.35. The van der Waals surface area contributed by atoms with Crippen molar-refractivity contribution in [2.24, 2.45) is 0 Å². The maximum atomic E-state index is 12.8. The van der Waals surface area contributed by atoms with Crippen LogP contribution < -0.4 is 0 Å². The van der Waals surface area contributed by atoms with Crippen molar-refractivity contribution in [3.8, 4) is 11.5 Å². The third-order valence-electron chi connectivity index (χ3n) is 5.07. The van der Waals surface area contributed by atoms with Crippen LogP contribution in [0.4, 0.5) is 0 Å². The van der Waals surface area contributed by atoms with Crippen molar-refractivity contribution in [3.63, 3.8) is 0 Å². The highest BCUT2D eigenvalue weighted by atomic mass is 79.9. The Morgan fingerprint density at radius 1 is 1.04 bits per heavy atom. The molecule has 1 aromatic heterocycles. The summed E-state index contributed by atoms with van der Waals surface area (Å²) in [4.78, 5) is 0.314. The molecular formula is C20H20BrN3O3S. The van der Waals surface area contributed by atoms with Crippen molar-refractivity contribution in [3.05, 3.63) is 64.5 Å². The van der Waals surface area contributed by atoms with E-state index in [0.29, 0.717) is 42.6 Å². The molecule has 2 heterocycles. The van der Waals surface area contributed by atoms with Crippen LogP contribution in [0.5, 0.6) is 0 Å². The van der Waals surface area contributed by atoms with Gasteiger partial charge in [0.05, 0.1) is 4.90 Å². The predicted octanol–water partition coefficient (Wildman–Crippen LogP) is 4.38. The molecule has 1 fully saturated rings. The summed E-state index contributed by atoms with van der Waals surface area (Å²) >= 11 is 3.33. The average molecular weight is 462 g/mol. The van der Waals surface area contributed by atoms with Gasteiger partial charge >= 0.3 is 0 Å². The minimum Gasteiger partial charge on any atom is -0.420 e. The van der Waals surface area contributed by atoms with Crippen molar-refractivity contribution in [1.29, 1.82) is 0 Å². The van der Waals surface area contributed by atoms with E-state index >= 15 is 0 Å². The lowest BCUT2D eigenvalue weighted by molar-refractivity contribution is 0.291. The van der Waals surface area contributed by atoms with Gasteiger partial charge in [0.15, 0.2) is 0 Å². The van der Waals surface area contributed by atoms with Gasteiger partial charge in [0.25, 0.3) is 0 Å². The lowest BCUT2D eigenvalue weighted by Crippen LogP contribution is -2.37. The van der Waals surface area contributed by atoms with Gasteiger partial charge in [-0.1, -0.05) is 34.1 Å². The minimum atomic E-state index is -3.48. The van der Waals surface area contributed by atoms with Gasteiger partial charge < -0.3 is 4.42 Å². The fourth-order valence-electron chi connectivity index (χ4n) is 3.42. The van der Waals surface area contributed by atoms with E-state index in [1.54, 1.807) is 24.3 Å². The molecule has 1 saturated heterocycles. The highest BCUT2D eigenvalue weighted by Gasteiger charge is 2.32. The smallest absolute Gasteiger partial charge is 0.248 e. The Labute approximate surface area is 172 Å². The number of rotatable bonds is 4. The average Bonchev–Trinajstić information content (AvgIpc) is 3.19. The zero-order valence-corrected chi connectivity index (χ0v) is 17.8. The molecule has 8 heteroatoms. The number of aromatic nitrogens is 2. The normalized spacial score (nSPS) is 16.4. The number of hydrogen-bond donors (Lipinski definition) is 0. The van der Waals surface area contributed by atoms with Gasteiger partial charge in [-0.3, -0.25) is 0 Å². The molecule has 0 radical (unpaired) electrons. The molecule has 0 N–H and O–H groups in total. The summed E-state index contributed by atoms with van der Waals surface area (Å²) in [6.07, 6.45) is 1.32. The van der Waals surface area contributed by atoms with Gasteiger partial charge in [0, 0.05) is 29.0 Å². The molecule has 0 bridgehead atoms. The highest BCUT2D eigenvalue weighted by Crippen LogP contribution is 2.32. The summed E-state index contributed by atoms with van der Waals surface area (Å²) in [5, 5.41) is 8.42. The van der Waals surface area contributed by atoms with Crippen LogP contribution in [0.15, 0.2) is 62.3 Å². The third-order valence-corrected chi connectivity index (χ3v) is 7.51. The third kappa shape index (κ3) is 3.76. The molecule has 2 aromatic carbocycles. The summed E-state index contributed by atoms with van der Waals surface area (Å²) in [5.41, 5.74) is 2.00. The van der Waals surface area contributed by atoms with E-state index in [0.717, 1.165) is 15.6 Å². The van der Waals surface area contributed by atoms with Gasteiger partial charge in [-0.25, -0.2) is 8.42 Å². The van der Waals surface area contributed by atoms with E-state index in [2.05, 4.69) is 26.1 Å². The first kappa shape index (κ1) is 19.3. The summed E-state index contributed by atoms with van der Waals surface area (Å²) in [6, 6.07) is 14.6. The molecule has 6 nitrogen and oxygen atoms in total. The standard InChI is InChI=1S/C20H20BrN3O3S/c1-14-4-2-3-5-18(14)20-23-22-19(27-20)15-10-12-24(13-11-15)28(25,26)17-8-6-16(21)7-9-17/h2-9,15H,10-13H2,1H3. The quantitative estimate of drug-likeness (QED) is 0.576. The van der Waals surface area contributed by atoms with E-state index in [1.807, 2.05) is 31.2 Å².